The molecule has 0 amide bonds. The van der Waals surface area contributed by atoms with Gasteiger partial charge in [0.25, 0.3) is 5.56 Å². The molecular formula is C12H7ClN4O. The lowest BCUT2D eigenvalue weighted by atomic mass is 10.2. The van der Waals surface area contributed by atoms with Gasteiger partial charge in [0.1, 0.15) is 5.82 Å². The molecule has 3 rings (SSSR count). The number of hydrogen-bond acceptors (Lipinski definition) is 4. The van der Waals surface area contributed by atoms with E-state index in [4.69, 9.17) is 11.6 Å². The molecule has 18 heavy (non-hydrogen) atoms. The number of aromatic amines is 1. The van der Waals surface area contributed by atoms with Gasteiger partial charge in [0.05, 0.1) is 0 Å². The Morgan fingerprint density at radius 1 is 1.06 bits per heavy atom. The molecule has 0 unspecified atom stereocenters. The monoisotopic (exact) mass is 258 g/mol. The highest BCUT2D eigenvalue weighted by atomic mass is 35.5. The molecule has 5 nitrogen and oxygen atoms in total. The van der Waals surface area contributed by atoms with Crippen LogP contribution in [0, 0.1) is 0 Å². The predicted octanol–water partition coefficient (Wildman–Crippen LogP) is 2.03. The van der Waals surface area contributed by atoms with E-state index < -0.39 is 0 Å². The number of benzene rings is 1. The first kappa shape index (κ1) is 10.9. The van der Waals surface area contributed by atoms with Crippen LogP contribution in [0.4, 0.5) is 0 Å². The van der Waals surface area contributed by atoms with Gasteiger partial charge in [0.15, 0.2) is 11.2 Å². The summed E-state index contributed by atoms with van der Waals surface area (Å²) in [6.45, 7) is 0. The maximum atomic E-state index is 11.8. The topological polar surface area (TPSA) is 71.5 Å². The third-order valence-electron chi connectivity index (χ3n) is 2.46. The average Bonchev–Trinajstić information content (AvgIpc) is 2.39. The molecule has 2 heterocycles. The van der Waals surface area contributed by atoms with Crippen LogP contribution in [0.15, 0.2) is 41.5 Å². The van der Waals surface area contributed by atoms with E-state index in [-0.39, 0.29) is 11.1 Å². The second-order valence-corrected chi connectivity index (χ2v) is 4.09. The molecule has 3 aromatic rings. The summed E-state index contributed by atoms with van der Waals surface area (Å²) < 4.78 is 0. The predicted molar refractivity (Wildman–Crippen MR) is 68.4 cm³/mol. The number of nitrogens with zero attached hydrogens (tertiary/aromatic N) is 3. The summed E-state index contributed by atoms with van der Waals surface area (Å²) in [4.78, 5) is 26.7. The molecule has 1 aromatic carbocycles. The lowest BCUT2D eigenvalue weighted by Crippen LogP contribution is -2.11. The zero-order valence-corrected chi connectivity index (χ0v) is 9.85. The van der Waals surface area contributed by atoms with E-state index in [0.29, 0.717) is 16.5 Å². The van der Waals surface area contributed by atoms with E-state index in [1.807, 2.05) is 0 Å². The van der Waals surface area contributed by atoms with Crippen molar-refractivity contribution < 1.29 is 0 Å². The molecule has 2 aromatic heterocycles. The summed E-state index contributed by atoms with van der Waals surface area (Å²) in [6, 6.07) is 7.03. The van der Waals surface area contributed by atoms with Gasteiger partial charge in [0, 0.05) is 23.0 Å². The minimum Gasteiger partial charge on any atom is -0.305 e. The molecule has 0 spiro atoms. The van der Waals surface area contributed by atoms with Crippen LogP contribution in [0.1, 0.15) is 0 Å². The number of rotatable bonds is 1. The summed E-state index contributed by atoms with van der Waals surface area (Å²) in [6.07, 6.45) is 2.96. The fourth-order valence-corrected chi connectivity index (χ4v) is 1.74. The maximum Gasteiger partial charge on any atom is 0.279 e. The van der Waals surface area contributed by atoms with Crippen LogP contribution in [0.2, 0.25) is 5.02 Å². The highest BCUT2D eigenvalue weighted by Crippen LogP contribution is 2.17. The maximum absolute atomic E-state index is 11.8. The molecular weight excluding hydrogens is 252 g/mol. The second-order valence-electron chi connectivity index (χ2n) is 3.65. The number of halogens is 1. The Morgan fingerprint density at radius 2 is 1.78 bits per heavy atom. The standard InChI is InChI=1S/C12H7ClN4O/c13-8-3-1-7(2-4-8)10-16-11-9(12(18)17-10)14-5-6-15-11/h1-6H,(H,15,16,17,18). The van der Waals surface area contributed by atoms with Gasteiger partial charge in [-0.05, 0) is 24.3 Å². The van der Waals surface area contributed by atoms with E-state index in [9.17, 15) is 4.79 Å². The van der Waals surface area contributed by atoms with Gasteiger partial charge in [-0.15, -0.1) is 0 Å². The lowest BCUT2D eigenvalue weighted by molar-refractivity contribution is 1.12. The van der Waals surface area contributed by atoms with Gasteiger partial charge in [-0.25, -0.2) is 15.0 Å². The van der Waals surface area contributed by atoms with Crippen molar-refractivity contribution in [3.63, 3.8) is 0 Å². The molecule has 0 saturated carbocycles. The Bertz CT molecular complexity index is 767. The van der Waals surface area contributed by atoms with Crippen LogP contribution in [-0.4, -0.2) is 19.9 Å². The van der Waals surface area contributed by atoms with Gasteiger partial charge in [-0.1, -0.05) is 11.6 Å². The fraction of sp³-hybridized carbons (Fsp3) is 0. The number of fused-ring (bicyclic) bond motifs is 1. The Kier molecular flexibility index (Phi) is 2.53. The molecule has 88 valence electrons. The minimum absolute atomic E-state index is 0.232. The van der Waals surface area contributed by atoms with Crippen LogP contribution < -0.4 is 5.56 Å². The summed E-state index contributed by atoms with van der Waals surface area (Å²) in [5.74, 6) is 0.449. The second kappa shape index (κ2) is 4.19. The van der Waals surface area contributed by atoms with E-state index in [0.717, 1.165) is 5.56 Å². The zero-order valence-electron chi connectivity index (χ0n) is 9.09. The third-order valence-corrected chi connectivity index (χ3v) is 2.71. The SMILES string of the molecule is O=c1[nH]c(-c2ccc(Cl)cc2)nc2nccnc12. The van der Waals surface area contributed by atoms with Gasteiger partial charge >= 0.3 is 0 Å². The highest BCUT2D eigenvalue weighted by molar-refractivity contribution is 6.30. The molecule has 0 radical (unpaired) electrons. The first-order valence-corrected chi connectivity index (χ1v) is 5.59. The molecule has 1 N–H and O–H groups in total. The number of aromatic nitrogens is 4. The van der Waals surface area contributed by atoms with Crippen LogP contribution in [-0.2, 0) is 0 Å². The van der Waals surface area contributed by atoms with Crippen molar-refractivity contribution in [2.45, 2.75) is 0 Å². The van der Waals surface area contributed by atoms with Crippen molar-refractivity contribution in [2.75, 3.05) is 0 Å². The zero-order chi connectivity index (χ0) is 12.5. The molecule has 0 aliphatic heterocycles. The Hall–Kier alpha value is -2.27. The number of nitrogens with one attached hydrogen (secondary N) is 1. The first-order valence-electron chi connectivity index (χ1n) is 5.21. The van der Waals surface area contributed by atoms with E-state index >= 15 is 0 Å². The van der Waals surface area contributed by atoms with Gasteiger partial charge in [-0.3, -0.25) is 4.79 Å². The number of H-pyrrole nitrogens is 1. The lowest BCUT2D eigenvalue weighted by Gasteiger charge is -2.01. The molecule has 0 bridgehead atoms. The summed E-state index contributed by atoms with van der Waals surface area (Å²) in [5.41, 5.74) is 1.02. The molecule has 0 aliphatic carbocycles. The Morgan fingerprint density at radius 3 is 2.56 bits per heavy atom. The van der Waals surface area contributed by atoms with Crippen molar-refractivity contribution in [1.82, 2.24) is 19.9 Å². The summed E-state index contributed by atoms with van der Waals surface area (Å²) in [7, 11) is 0. The Labute approximate surface area is 107 Å². The number of hydrogen-bond donors (Lipinski definition) is 1. The quantitative estimate of drug-likeness (QED) is 0.725. The minimum atomic E-state index is -0.307. The Balaban J connectivity index is 2.24. The molecule has 6 heteroatoms. The van der Waals surface area contributed by atoms with Crippen molar-refractivity contribution in [3.05, 3.63) is 52.0 Å². The van der Waals surface area contributed by atoms with Crippen molar-refractivity contribution >= 4 is 22.8 Å². The van der Waals surface area contributed by atoms with E-state index in [1.54, 1.807) is 24.3 Å². The van der Waals surface area contributed by atoms with Crippen molar-refractivity contribution in [1.29, 1.82) is 0 Å². The third kappa shape index (κ3) is 1.84. The first-order chi connectivity index (χ1) is 8.74. The molecule has 0 fully saturated rings. The smallest absolute Gasteiger partial charge is 0.279 e. The van der Waals surface area contributed by atoms with Crippen LogP contribution in [0.3, 0.4) is 0 Å². The molecule has 0 saturated heterocycles. The van der Waals surface area contributed by atoms with Crippen LogP contribution in [0.25, 0.3) is 22.6 Å². The average molecular weight is 259 g/mol. The van der Waals surface area contributed by atoms with Crippen molar-refractivity contribution in [2.24, 2.45) is 0 Å². The highest BCUT2D eigenvalue weighted by Gasteiger charge is 2.07. The van der Waals surface area contributed by atoms with Gasteiger partial charge in [0.2, 0.25) is 0 Å². The fourth-order valence-electron chi connectivity index (χ4n) is 1.62. The van der Waals surface area contributed by atoms with Gasteiger partial charge < -0.3 is 4.98 Å². The normalized spacial score (nSPS) is 10.7. The van der Waals surface area contributed by atoms with E-state index in [2.05, 4.69) is 19.9 Å². The molecule has 0 atom stereocenters. The van der Waals surface area contributed by atoms with Crippen molar-refractivity contribution in [3.8, 4) is 11.4 Å². The largest absolute Gasteiger partial charge is 0.305 e. The van der Waals surface area contributed by atoms with Gasteiger partial charge in [-0.2, -0.15) is 0 Å². The summed E-state index contributed by atoms with van der Waals surface area (Å²) >= 11 is 5.81. The molecule has 0 aliphatic rings. The van der Waals surface area contributed by atoms with E-state index in [1.165, 1.54) is 12.4 Å². The summed E-state index contributed by atoms with van der Waals surface area (Å²) in [5, 5.41) is 0.627. The van der Waals surface area contributed by atoms with Crippen LogP contribution >= 0.6 is 11.6 Å². The van der Waals surface area contributed by atoms with Crippen LogP contribution in [0.5, 0.6) is 0 Å².